The van der Waals surface area contributed by atoms with Crippen LogP contribution in [0.5, 0.6) is 0 Å². The molecule has 2 nitrogen and oxygen atoms in total. The lowest BCUT2D eigenvalue weighted by Gasteiger charge is -2.33. The zero-order valence-corrected chi connectivity index (χ0v) is 17.9. The number of hydrogen-bond donors (Lipinski definition) is 1. The predicted molar refractivity (Wildman–Crippen MR) is 122 cm³/mol. The van der Waals surface area contributed by atoms with E-state index in [-0.39, 0.29) is 0 Å². The highest BCUT2D eigenvalue weighted by Crippen LogP contribution is 2.29. The number of Topliss-reactive ketones (excluding diaryl/α,β-unsaturated/α-hetero) is 1. The second-order valence-electron chi connectivity index (χ2n) is 7.35. The summed E-state index contributed by atoms with van der Waals surface area (Å²) in [6, 6.07) is 21.0. The van der Waals surface area contributed by atoms with Crippen LogP contribution in [0.25, 0.3) is 0 Å². The Balaban J connectivity index is 1.45. The Labute approximate surface area is 177 Å². The quantitative estimate of drug-likeness (QED) is 0.472. The maximum Gasteiger partial charge on any atom is 0.143 e. The Hall–Kier alpha value is -1.65. The van der Waals surface area contributed by atoms with Gasteiger partial charge in [-0.3, -0.25) is 4.79 Å². The van der Waals surface area contributed by atoms with E-state index >= 15 is 0 Å². The number of thioether (sulfide) groups is 2. The van der Waals surface area contributed by atoms with E-state index in [2.05, 4.69) is 48.3 Å². The Morgan fingerprint density at radius 3 is 2.11 bits per heavy atom. The molecule has 28 heavy (non-hydrogen) atoms. The zero-order valence-electron chi connectivity index (χ0n) is 16.3. The Morgan fingerprint density at radius 1 is 0.893 bits per heavy atom. The molecule has 3 rings (SSSR count). The molecule has 1 N–H and O–H groups in total. The van der Waals surface area contributed by atoms with E-state index in [9.17, 15) is 4.79 Å². The van der Waals surface area contributed by atoms with Gasteiger partial charge in [-0.2, -0.15) is 0 Å². The van der Waals surface area contributed by atoms with Gasteiger partial charge in [0.1, 0.15) is 5.78 Å². The SMILES string of the molecule is C=C(CSc1ccccc1)N[C@@H]1CCCCC1CC(=O)CSc1ccccc1. The summed E-state index contributed by atoms with van der Waals surface area (Å²) in [5, 5.41) is 3.64. The standard InChI is InChI=1S/C24H29NOS2/c1-19(17-27-22-11-4-2-5-12-22)25-24-15-9-8-10-20(24)16-21(26)18-28-23-13-6-3-7-14-23/h2-7,11-14,20,24-25H,1,8-10,15-18H2/t20?,24-/m1/s1. The topological polar surface area (TPSA) is 29.1 Å². The number of nitrogens with one attached hydrogen (secondary N) is 1. The Kier molecular flexibility index (Phi) is 8.56. The number of carbonyl (C=O) groups excluding carboxylic acids is 1. The van der Waals surface area contributed by atoms with Crippen LogP contribution in [0.4, 0.5) is 0 Å². The molecular formula is C24H29NOS2. The van der Waals surface area contributed by atoms with Crippen molar-refractivity contribution < 1.29 is 4.79 Å². The first-order chi connectivity index (χ1) is 13.7. The number of hydrogen-bond acceptors (Lipinski definition) is 4. The van der Waals surface area contributed by atoms with Gasteiger partial charge in [-0.1, -0.05) is 55.8 Å². The first-order valence-corrected chi connectivity index (χ1v) is 12.0. The molecule has 1 saturated carbocycles. The van der Waals surface area contributed by atoms with Gasteiger partial charge in [0.25, 0.3) is 0 Å². The molecule has 0 saturated heterocycles. The van der Waals surface area contributed by atoms with Crippen molar-refractivity contribution >= 4 is 29.3 Å². The minimum absolute atomic E-state index is 0.358. The molecule has 0 aliphatic heterocycles. The number of ketones is 1. The molecule has 0 amide bonds. The highest BCUT2D eigenvalue weighted by molar-refractivity contribution is 8.00. The maximum atomic E-state index is 12.6. The molecule has 2 aromatic carbocycles. The molecule has 148 valence electrons. The van der Waals surface area contributed by atoms with Gasteiger partial charge >= 0.3 is 0 Å². The van der Waals surface area contributed by atoms with Gasteiger partial charge in [0.2, 0.25) is 0 Å². The van der Waals surface area contributed by atoms with Gasteiger partial charge in [0.05, 0.1) is 5.75 Å². The van der Waals surface area contributed by atoms with Crippen LogP contribution in [0.15, 0.2) is 82.7 Å². The van der Waals surface area contributed by atoms with Gasteiger partial charge in [-0.25, -0.2) is 0 Å². The van der Waals surface area contributed by atoms with Crippen LogP contribution in [-0.4, -0.2) is 23.3 Å². The number of benzene rings is 2. The highest BCUT2D eigenvalue weighted by Gasteiger charge is 2.27. The first-order valence-electron chi connectivity index (χ1n) is 10.0. The number of carbonyl (C=O) groups is 1. The van der Waals surface area contributed by atoms with E-state index in [0.717, 1.165) is 24.3 Å². The Morgan fingerprint density at radius 2 is 1.46 bits per heavy atom. The lowest BCUT2D eigenvalue weighted by molar-refractivity contribution is -0.117. The van der Waals surface area contributed by atoms with Crippen LogP contribution >= 0.6 is 23.5 Å². The lowest BCUT2D eigenvalue weighted by Crippen LogP contribution is -2.39. The van der Waals surface area contributed by atoms with Crippen LogP contribution in [0.1, 0.15) is 32.1 Å². The third-order valence-electron chi connectivity index (χ3n) is 5.09. The molecule has 0 heterocycles. The first kappa shape index (κ1) is 21.1. The average Bonchev–Trinajstić information content (AvgIpc) is 2.74. The zero-order chi connectivity index (χ0) is 19.6. The van der Waals surface area contributed by atoms with E-state index in [0.29, 0.717) is 29.9 Å². The third kappa shape index (κ3) is 7.06. The molecule has 4 heteroatoms. The molecule has 1 aliphatic carbocycles. The van der Waals surface area contributed by atoms with Crippen LogP contribution < -0.4 is 5.32 Å². The van der Waals surface area contributed by atoms with Crippen molar-refractivity contribution in [3.63, 3.8) is 0 Å². The largest absolute Gasteiger partial charge is 0.385 e. The average molecular weight is 412 g/mol. The molecule has 1 fully saturated rings. The van der Waals surface area contributed by atoms with Crippen LogP contribution in [0.3, 0.4) is 0 Å². The van der Waals surface area contributed by atoms with Crippen molar-refractivity contribution in [3.05, 3.63) is 72.9 Å². The van der Waals surface area contributed by atoms with Crippen LogP contribution in [-0.2, 0) is 4.79 Å². The minimum Gasteiger partial charge on any atom is -0.385 e. The summed E-state index contributed by atoms with van der Waals surface area (Å²) < 4.78 is 0. The molecule has 2 atom stereocenters. The molecule has 0 spiro atoms. The summed E-state index contributed by atoms with van der Waals surface area (Å²) in [7, 11) is 0. The third-order valence-corrected chi connectivity index (χ3v) is 7.26. The molecule has 1 aliphatic rings. The smallest absolute Gasteiger partial charge is 0.143 e. The van der Waals surface area contributed by atoms with Crippen molar-refractivity contribution in [3.8, 4) is 0 Å². The van der Waals surface area contributed by atoms with Gasteiger partial charge in [0.15, 0.2) is 0 Å². The fourth-order valence-electron chi connectivity index (χ4n) is 3.66. The molecule has 0 bridgehead atoms. The van der Waals surface area contributed by atoms with Crippen molar-refractivity contribution in [2.45, 2.75) is 47.9 Å². The van der Waals surface area contributed by atoms with Crippen molar-refractivity contribution in [1.82, 2.24) is 5.32 Å². The summed E-state index contributed by atoms with van der Waals surface area (Å²) in [6.45, 7) is 4.23. The van der Waals surface area contributed by atoms with E-state index in [4.69, 9.17) is 0 Å². The van der Waals surface area contributed by atoms with Crippen LogP contribution in [0, 0.1) is 5.92 Å². The molecule has 1 unspecified atom stereocenters. The van der Waals surface area contributed by atoms with Gasteiger partial charge in [-0.05, 0) is 43.0 Å². The normalized spacial score (nSPS) is 19.1. The second-order valence-corrected chi connectivity index (χ2v) is 9.44. The molecular weight excluding hydrogens is 382 g/mol. The van der Waals surface area contributed by atoms with E-state index in [1.807, 2.05) is 24.3 Å². The molecule has 0 radical (unpaired) electrons. The van der Waals surface area contributed by atoms with Crippen molar-refractivity contribution in [2.24, 2.45) is 5.92 Å². The maximum absolute atomic E-state index is 12.6. The predicted octanol–water partition coefficient (Wildman–Crippen LogP) is 6.19. The summed E-state index contributed by atoms with van der Waals surface area (Å²) in [5.74, 6) is 2.22. The highest BCUT2D eigenvalue weighted by atomic mass is 32.2. The Bertz CT molecular complexity index is 682. The molecule has 2 aromatic rings. The van der Waals surface area contributed by atoms with Crippen LogP contribution in [0.2, 0.25) is 0 Å². The van der Waals surface area contributed by atoms with Crippen molar-refractivity contribution in [2.75, 3.05) is 11.5 Å². The van der Waals surface area contributed by atoms with E-state index in [1.165, 1.54) is 22.6 Å². The fourth-order valence-corrected chi connectivity index (χ4v) is 5.23. The van der Waals surface area contributed by atoms with E-state index < -0.39 is 0 Å². The summed E-state index contributed by atoms with van der Waals surface area (Å²) in [5.41, 5.74) is 1.07. The summed E-state index contributed by atoms with van der Waals surface area (Å²) in [6.07, 6.45) is 5.42. The fraction of sp³-hybridized carbons (Fsp3) is 0.375. The van der Waals surface area contributed by atoms with Gasteiger partial charge in [0, 0.05) is 33.7 Å². The number of rotatable bonds is 10. The van der Waals surface area contributed by atoms with E-state index in [1.54, 1.807) is 23.5 Å². The van der Waals surface area contributed by atoms with Gasteiger partial charge in [-0.15, -0.1) is 23.5 Å². The van der Waals surface area contributed by atoms with Crippen molar-refractivity contribution in [1.29, 1.82) is 0 Å². The summed E-state index contributed by atoms with van der Waals surface area (Å²) >= 11 is 3.45. The lowest BCUT2D eigenvalue weighted by atomic mass is 9.81. The monoisotopic (exact) mass is 411 g/mol. The second kappa shape index (κ2) is 11.4. The summed E-state index contributed by atoms with van der Waals surface area (Å²) in [4.78, 5) is 15.0. The molecule has 0 aromatic heterocycles. The van der Waals surface area contributed by atoms with Gasteiger partial charge < -0.3 is 5.32 Å². The minimum atomic E-state index is 0.358.